The predicted molar refractivity (Wildman–Crippen MR) is 83.5 cm³/mol. The standard InChI is InChI=1S/C14H19N3O3S/c1-9-5-6-11-7-12(8-15-21(19,20)17(3)4)14(18)16-13(11)10(9)2/h5-7,15H,8H2,1-4H3,(H,16,18). The maximum Gasteiger partial charge on any atom is 0.279 e. The molecule has 0 saturated carbocycles. The molecule has 0 radical (unpaired) electrons. The molecule has 0 aliphatic carbocycles. The lowest BCUT2D eigenvalue weighted by molar-refractivity contribution is 0.505. The van der Waals surface area contributed by atoms with Gasteiger partial charge in [-0.1, -0.05) is 12.1 Å². The van der Waals surface area contributed by atoms with Crippen molar-refractivity contribution in [2.75, 3.05) is 14.1 Å². The number of aromatic nitrogens is 1. The maximum atomic E-state index is 12.1. The fraction of sp³-hybridized carbons (Fsp3) is 0.357. The van der Waals surface area contributed by atoms with Crippen LogP contribution in [0, 0.1) is 13.8 Å². The molecule has 1 aromatic carbocycles. The molecular formula is C14H19N3O3S. The van der Waals surface area contributed by atoms with Gasteiger partial charge in [0.15, 0.2) is 0 Å². The van der Waals surface area contributed by atoms with Crippen molar-refractivity contribution in [2.45, 2.75) is 20.4 Å². The Balaban J connectivity index is 2.41. The molecule has 0 unspecified atom stereocenters. The number of fused-ring (bicyclic) bond motifs is 1. The number of benzene rings is 1. The van der Waals surface area contributed by atoms with Gasteiger partial charge in [-0.25, -0.2) is 0 Å². The van der Waals surface area contributed by atoms with Crippen LogP contribution in [0.15, 0.2) is 23.0 Å². The Labute approximate surface area is 124 Å². The van der Waals surface area contributed by atoms with Gasteiger partial charge in [0.05, 0.1) is 5.52 Å². The molecular weight excluding hydrogens is 290 g/mol. The van der Waals surface area contributed by atoms with Crippen LogP contribution in [-0.4, -0.2) is 31.8 Å². The minimum Gasteiger partial charge on any atom is -0.321 e. The van der Waals surface area contributed by atoms with Crippen LogP contribution in [0.4, 0.5) is 0 Å². The SMILES string of the molecule is Cc1ccc2cc(CNS(=O)(=O)N(C)C)c(=O)[nH]c2c1C. The van der Waals surface area contributed by atoms with Crippen molar-refractivity contribution in [3.63, 3.8) is 0 Å². The van der Waals surface area contributed by atoms with E-state index in [-0.39, 0.29) is 12.1 Å². The molecule has 0 amide bonds. The van der Waals surface area contributed by atoms with Gasteiger partial charge in [-0.3, -0.25) is 4.79 Å². The third-order valence-corrected chi connectivity index (χ3v) is 5.02. The van der Waals surface area contributed by atoms with E-state index in [1.165, 1.54) is 14.1 Å². The molecule has 1 aromatic heterocycles. The average Bonchev–Trinajstić information content (AvgIpc) is 2.41. The molecule has 0 bridgehead atoms. The number of nitrogens with zero attached hydrogens (tertiary/aromatic N) is 1. The molecule has 2 N–H and O–H groups in total. The molecule has 0 atom stereocenters. The largest absolute Gasteiger partial charge is 0.321 e. The fourth-order valence-corrected chi connectivity index (χ4v) is 2.60. The van der Waals surface area contributed by atoms with E-state index in [2.05, 4.69) is 9.71 Å². The van der Waals surface area contributed by atoms with Gasteiger partial charge in [-0.2, -0.15) is 17.4 Å². The van der Waals surface area contributed by atoms with Crippen molar-refractivity contribution in [1.29, 1.82) is 0 Å². The second-order valence-electron chi connectivity index (χ2n) is 5.20. The highest BCUT2D eigenvalue weighted by molar-refractivity contribution is 7.87. The molecule has 0 fully saturated rings. The van der Waals surface area contributed by atoms with E-state index in [9.17, 15) is 13.2 Å². The zero-order valence-electron chi connectivity index (χ0n) is 12.5. The molecule has 21 heavy (non-hydrogen) atoms. The first-order valence-corrected chi connectivity index (χ1v) is 7.95. The average molecular weight is 309 g/mol. The summed E-state index contributed by atoms with van der Waals surface area (Å²) < 4.78 is 26.8. The van der Waals surface area contributed by atoms with Crippen molar-refractivity contribution < 1.29 is 8.42 Å². The smallest absolute Gasteiger partial charge is 0.279 e. The van der Waals surface area contributed by atoms with E-state index in [0.717, 1.165) is 26.3 Å². The minimum atomic E-state index is -3.55. The van der Waals surface area contributed by atoms with E-state index in [4.69, 9.17) is 0 Å². The normalized spacial score (nSPS) is 12.2. The summed E-state index contributed by atoms with van der Waals surface area (Å²) in [4.78, 5) is 14.9. The van der Waals surface area contributed by atoms with E-state index >= 15 is 0 Å². The summed E-state index contributed by atoms with van der Waals surface area (Å²) in [6.45, 7) is 3.88. The summed E-state index contributed by atoms with van der Waals surface area (Å²) in [5, 5.41) is 0.886. The van der Waals surface area contributed by atoms with Crippen molar-refractivity contribution in [3.8, 4) is 0 Å². The number of aromatic amines is 1. The van der Waals surface area contributed by atoms with Crippen LogP contribution in [0.5, 0.6) is 0 Å². The van der Waals surface area contributed by atoms with Crippen molar-refractivity contribution in [3.05, 3.63) is 45.2 Å². The highest BCUT2D eigenvalue weighted by Crippen LogP contribution is 2.18. The summed E-state index contributed by atoms with van der Waals surface area (Å²) in [7, 11) is -0.691. The lowest BCUT2D eigenvalue weighted by Crippen LogP contribution is -2.36. The lowest BCUT2D eigenvalue weighted by Gasteiger charge is -2.12. The van der Waals surface area contributed by atoms with Crippen LogP contribution in [0.3, 0.4) is 0 Å². The first-order chi connectivity index (χ1) is 9.72. The first-order valence-electron chi connectivity index (χ1n) is 6.51. The van der Waals surface area contributed by atoms with E-state index in [1.807, 2.05) is 26.0 Å². The van der Waals surface area contributed by atoms with Crippen LogP contribution in [0.1, 0.15) is 16.7 Å². The molecule has 2 aromatic rings. The number of hydrogen-bond acceptors (Lipinski definition) is 3. The van der Waals surface area contributed by atoms with Gasteiger partial charge in [-0.15, -0.1) is 0 Å². The van der Waals surface area contributed by atoms with Crippen molar-refractivity contribution in [2.24, 2.45) is 0 Å². The van der Waals surface area contributed by atoms with Crippen LogP contribution in [0.25, 0.3) is 10.9 Å². The summed E-state index contributed by atoms with van der Waals surface area (Å²) in [5.74, 6) is 0. The van der Waals surface area contributed by atoms with Crippen LogP contribution < -0.4 is 10.3 Å². The highest BCUT2D eigenvalue weighted by atomic mass is 32.2. The molecule has 0 aliphatic heterocycles. The van der Waals surface area contributed by atoms with Gasteiger partial charge in [0, 0.05) is 26.2 Å². The molecule has 2 rings (SSSR count). The minimum absolute atomic E-state index is 0.0429. The van der Waals surface area contributed by atoms with Crippen molar-refractivity contribution >= 4 is 21.1 Å². The Morgan fingerprint density at radius 3 is 2.52 bits per heavy atom. The predicted octanol–water partition coefficient (Wildman–Crippen LogP) is 1.04. The van der Waals surface area contributed by atoms with Crippen LogP contribution in [-0.2, 0) is 16.8 Å². The number of pyridine rings is 1. The van der Waals surface area contributed by atoms with E-state index in [0.29, 0.717) is 5.56 Å². The molecule has 1 heterocycles. The third-order valence-electron chi connectivity index (χ3n) is 3.55. The molecule has 0 saturated heterocycles. The fourth-order valence-electron chi connectivity index (χ4n) is 2.00. The van der Waals surface area contributed by atoms with Gasteiger partial charge < -0.3 is 4.98 Å². The number of H-pyrrole nitrogens is 1. The summed E-state index contributed by atoms with van der Waals surface area (Å²) in [6.07, 6.45) is 0. The zero-order valence-corrected chi connectivity index (χ0v) is 13.3. The highest BCUT2D eigenvalue weighted by Gasteiger charge is 2.14. The summed E-state index contributed by atoms with van der Waals surface area (Å²) >= 11 is 0. The molecule has 114 valence electrons. The second-order valence-corrected chi connectivity index (χ2v) is 7.17. The molecule has 0 aliphatic rings. The molecule has 0 spiro atoms. The molecule has 7 heteroatoms. The monoisotopic (exact) mass is 309 g/mol. The lowest BCUT2D eigenvalue weighted by atomic mass is 10.0. The Morgan fingerprint density at radius 1 is 1.24 bits per heavy atom. The van der Waals surface area contributed by atoms with Gasteiger partial charge in [0.1, 0.15) is 0 Å². The van der Waals surface area contributed by atoms with Crippen molar-refractivity contribution in [1.82, 2.24) is 14.0 Å². The summed E-state index contributed by atoms with van der Waals surface area (Å²) in [6, 6.07) is 5.61. The quantitative estimate of drug-likeness (QED) is 0.885. The van der Waals surface area contributed by atoms with E-state index in [1.54, 1.807) is 6.07 Å². The van der Waals surface area contributed by atoms with Gasteiger partial charge in [-0.05, 0) is 36.4 Å². The van der Waals surface area contributed by atoms with Crippen LogP contribution >= 0.6 is 0 Å². The zero-order chi connectivity index (χ0) is 15.8. The number of nitrogens with one attached hydrogen (secondary N) is 2. The second kappa shape index (κ2) is 5.59. The van der Waals surface area contributed by atoms with Crippen LogP contribution in [0.2, 0.25) is 0 Å². The Bertz CT molecular complexity index is 838. The van der Waals surface area contributed by atoms with Gasteiger partial charge >= 0.3 is 0 Å². The number of aryl methyl sites for hydroxylation is 2. The summed E-state index contributed by atoms with van der Waals surface area (Å²) in [5.41, 5.74) is 3.01. The first kappa shape index (κ1) is 15.7. The third kappa shape index (κ3) is 3.15. The Kier molecular flexibility index (Phi) is 4.18. The number of rotatable bonds is 4. The number of hydrogen-bond donors (Lipinski definition) is 2. The maximum absolute atomic E-state index is 12.1. The molecule has 6 nitrogen and oxygen atoms in total. The van der Waals surface area contributed by atoms with Gasteiger partial charge in [0.2, 0.25) is 0 Å². The Morgan fingerprint density at radius 2 is 1.90 bits per heavy atom. The van der Waals surface area contributed by atoms with E-state index < -0.39 is 10.2 Å². The van der Waals surface area contributed by atoms with Gasteiger partial charge in [0.25, 0.3) is 15.8 Å². The topological polar surface area (TPSA) is 82.3 Å². The Hall–Kier alpha value is -1.70.